The molecule has 0 radical (unpaired) electrons. The van der Waals surface area contributed by atoms with Gasteiger partial charge in [-0.2, -0.15) is 0 Å². The molecule has 0 N–H and O–H groups in total. The first kappa shape index (κ1) is 12.1. The molecule has 94 valence electrons. The molecule has 17 heavy (non-hydrogen) atoms. The molecule has 1 aliphatic carbocycles. The van der Waals surface area contributed by atoms with Crippen molar-refractivity contribution >= 4 is 17.7 Å². The highest BCUT2D eigenvalue weighted by atomic mass is 16.2. The molecule has 1 aliphatic heterocycles. The van der Waals surface area contributed by atoms with Crippen molar-refractivity contribution in [3.63, 3.8) is 0 Å². The van der Waals surface area contributed by atoms with E-state index in [9.17, 15) is 14.4 Å². The molecule has 5 heteroatoms. The van der Waals surface area contributed by atoms with Crippen LogP contribution in [0, 0.1) is 11.8 Å². The normalized spacial score (nSPS) is 28.2. The minimum Gasteiger partial charge on any atom is -0.347 e. The zero-order valence-corrected chi connectivity index (χ0v) is 10.3. The summed E-state index contributed by atoms with van der Waals surface area (Å²) in [5.74, 6) is -0.812. The predicted molar refractivity (Wildman–Crippen MR) is 60.9 cm³/mol. The molecule has 0 spiro atoms. The molecule has 3 amide bonds. The Kier molecular flexibility index (Phi) is 3.17. The number of rotatable bonds is 2. The second-order valence-electron chi connectivity index (χ2n) is 5.05. The first-order chi connectivity index (χ1) is 8.02. The van der Waals surface area contributed by atoms with E-state index in [4.69, 9.17) is 0 Å². The average Bonchev–Trinajstić information content (AvgIpc) is 2.55. The molecular formula is C12H18N2O3. The van der Waals surface area contributed by atoms with Crippen molar-refractivity contribution < 1.29 is 14.4 Å². The van der Waals surface area contributed by atoms with Crippen LogP contribution in [0.5, 0.6) is 0 Å². The monoisotopic (exact) mass is 238 g/mol. The van der Waals surface area contributed by atoms with Crippen molar-refractivity contribution in [1.29, 1.82) is 0 Å². The van der Waals surface area contributed by atoms with Crippen LogP contribution in [0.3, 0.4) is 0 Å². The van der Waals surface area contributed by atoms with Gasteiger partial charge >= 0.3 is 0 Å². The smallest absolute Gasteiger partial charge is 0.242 e. The highest BCUT2D eigenvalue weighted by molar-refractivity contribution is 6.07. The van der Waals surface area contributed by atoms with Gasteiger partial charge in [-0.3, -0.25) is 19.3 Å². The van der Waals surface area contributed by atoms with E-state index in [0.717, 1.165) is 30.6 Å². The van der Waals surface area contributed by atoms with Crippen LogP contribution in [0.25, 0.3) is 0 Å². The number of likely N-dealkylation sites (N-methyl/N-ethyl adjacent to an activating group) is 1. The Morgan fingerprint density at radius 1 is 1.18 bits per heavy atom. The Hall–Kier alpha value is -1.39. The SMILES string of the molecule is CN(C)C(=O)CN1C(=O)[C@H]2CCCC[C@H]2C1=O. The molecule has 2 fully saturated rings. The van der Waals surface area contributed by atoms with Gasteiger partial charge in [-0.25, -0.2) is 0 Å². The molecule has 5 nitrogen and oxygen atoms in total. The fourth-order valence-corrected chi connectivity index (χ4v) is 2.66. The van der Waals surface area contributed by atoms with Crippen molar-refractivity contribution in [3.8, 4) is 0 Å². The van der Waals surface area contributed by atoms with E-state index in [0.29, 0.717) is 0 Å². The number of nitrogens with zero attached hydrogens (tertiary/aromatic N) is 2. The summed E-state index contributed by atoms with van der Waals surface area (Å²) in [5.41, 5.74) is 0. The van der Waals surface area contributed by atoms with Gasteiger partial charge in [0.25, 0.3) is 0 Å². The summed E-state index contributed by atoms with van der Waals surface area (Å²) < 4.78 is 0. The Bertz CT molecular complexity index is 341. The highest BCUT2D eigenvalue weighted by Crippen LogP contribution is 2.37. The van der Waals surface area contributed by atoms with Crippen LogP contribution in [-0.2, 0) is 14.4 Å². The van der Waals surface area contributed by atoms with Gasteiger partial charge in [-0.05, 0) is 12.8 Å². The maximum absolute atomic E-state index is 12.0. The Morgan fingerprint density at radius 2 is 1.65 bits per heavy atom. The van der Waals surface area contributed by atoms with Crippen molar-refractivity contribution in [2.45, 2.75) is 25.7 Å². The summed E-state index contributed by atoms with van der Waals surface area (Å²) in [7, 11) is 3.25. The fraction of sp³-hybridized carbons (Fsp3) is 0.750. The van der Waals surface area contributed by atoms with Gasteiger partial charge in [0.05, 0.1) is 11.8 Å². The predicted octanol–water partition coefficient (Wildman–Crippen LogP) is 0.250. The number of imide groups is 1. The summed E-state index contributed by atoms with van der Waals surface area (Å²) in [6, 6.07) is 0. The number of amides is 3. The summed E-state index contributed by atoms with van der Waals surface area (Å²) in [4.78, 5) is 38.2. The maximum atomic E-state index is 12.0. The third-order valence-corrected chi connectivity index (χ3v) is 3.72. The highest BCUT2D eigenvalue weighted by Gasteiger charge is 2.48. The lowest BCUT2D eigenvalue weighted by molar-refractivity contribution is -0.145. The van der Waals surface area contributed by atoms with Crippen LogP contribution in [-0.4, -0.2) is 48.2 Å². The molecule has 0 aromatic carbocycles. The van der Waals surface area contributed by atoms with Crippen molar-refractivity contribution in [3.05, 3.63) is 0 Å². The zero-order valence-electron chi connectivity index (χ0n) is 10.3. The molecule has 0 unspecified atom stereocenters. The number of fused-ring (bicyclic) bond motifs is 1. The van der Waals surface area contributed by atoms with Gasteiger partial charge < -0.3 is 4.90 Å². The molecule has 2 atom stereocenters. The molecule has 2 rings (SSSR count). The summed E-state index contributed by atoms with van der Waals surface area (Å²) in [5, 5.41) is 0. The Balaban J connectivity index is 2.11. The van der Waals surface area contributed by atoms with E-state index < -0.39 is 0 Å². The van der Waals surface area contributed by atoms with E-state index >= 15 is 0 Å². The van der Waals surface area contributed by atoms with Gasteiger partial charge in [0.2, 0.25) is 17.7 Å². The van der Waals surface area contributed by atoms with Gasteiger partial charge in [-0.1, -0.05) is 12.8 Å². The van der Waals surface area contributed by atoms with Crippen LogP contribution in [0.1, 0.15) is 25.7 Å². The number of carbonyl (C=O) groups is 3. The first-order valence-corrected chi connectivity index (χ1v) is 6.07. The number of carbonyl (C=O) groups excluding carboxylic acids is 3. The molecular weight excluding hydrogens is 220 g/mol. The summed E-state index contributed by atoms with van der Waals surface area (Å²) in [6.45, 7) is -0.0995. The fourth-order valence-electron chi connectivity index (χ4n) is 2.66. The van der Waals surface area contributed by atoms with Crippen LogP contribution in [0.4, 0.5) is 0 Å². The van der Waals surface area contributed by atoms with Crippen LogP contribution >= 0.6 is 0 Å². The number of hydrogen-bond acceptors (Lipinski definition) is 3. The van der Waals surface area contributed by atoms with Crippen LogP contribution in [0.2, 0.25) is 0 Å². The van der Waals surface area contributed by atoms with E-state index in [-0.39, 0.29) is 36.1 Å². The second-order valence-corrected chi connectivity index (χ2v) is 5.05. The minimum atomic E-state index is -0.203. The lowest BCUT2D eigenvalue weighted by atomic mass is 9.81. The number of hydrogen-bond donors (Lipinski definition) is 0. The van der Waals surface area contributed by atoms with E-state index in [1.807, 2.05) is 0 Å². The lowest BCUT2D eigenvalue weighted by Gasteiger charge is -2.19. The third-order valence-electron chi connectivity index (χ3n) is 3.72. The topological polar surface area (TPSA) is 57.7 Å². The van der Waals surface area contributed by atoms with Gasteiger partial charge in [-0.15, -0.1) is 0 Å². The van der Waals surface area contributed by atoms with E-state index in [1.165, 1.54) is 4.90 Å². The Morgan fingerprint density at radius 3 is 2.06 bits per heavy atom. The standard InChI is InChI=1S/C12H18N2O3/c1-13(2)10(15)7-14-11(16)8-5-3-4-6-9(8)12(14)17/h8-9H,3-7H2,1-2H3/t8-,9+. The van der Waals surface area contributed by atoms with Crippen molar-refractivity contribution in [1.82, 2.24) is 9.80 Å². The molecule has 1 saturated heterocycles. The quantitative estimate of drug-likeness (QED) is 0.648. The summed E-state index contributed by atoms with van der Waals surface area (Å²) >= 11 is 0. The average molecular weight is 238 g/mol. The van der Waals surface area contributed by atoms with Crippen molar-refractivity contribution in [2.24, 2.45) is 11.8 Å². The molecule has 0 aromatic heterocycles. The van der Waals surface area contributed by atoms with Gasteiger partial charge in [0, 0.05) is 14.1 Å². The van der Waals surface area contributed by atoms with E-state index in [1.54, 1.807) is 14.1 Å². The van der Waals surface area contributed by atoms with Crippen molar-refractivity contribution in [2.75, 3.05) is 20.6 Å². The molecule has 0 bridgehead atoms. The van der Waals surface area contributed by atoms with Gasteiger partial charge in [0.15, 0.2) is 0 Å². The Labute approximate surface area is 101 Å². The summed E-state index contributed by atoms with van der Waals surface area (Å²) in [6.07, 6.45) is 3.61. The molecule has 2 aliphatic rings. The zero-order chi connectivity index (χ0) is 12.6. The van der Waals surface area contributed by atoms with E-state index in [2.05, 4.69) is 0 Å². The molecule has 0 aromatic rings. The molecule has 1 saturated carbocycles. The van der Waals surface area contributed by atoms with Crippen LogP contribution < -0.4 is 0 Å². The number of likely N-dealkylation sites (tertiary alicyclic amines) is 1. The molecule has 1 heterocycles. The largest absolute Gasteiger partial charge is 0.347 e. The lowest BCUT2D eigenvalue weighted by Crippen LogP contribution is -2.40. The first-order valence-electron chi connectivity index (χ1n) is 6.07. The second kappa shape index (κ2) is 4.47. The minimum absolute atomic E-state index is 0.0995. The van der Waals surface area contributed by atoms with Gasteiger partial charge in [0.1, 0.15) is 6.54 Å². The maximum Gasteiger partial charge on any atom is 0.242 e. The van der Waals surface area contributed by atoms with Crippen LogP contribution in [0.15, 0.2) is 0 Å². The third kappa shape index (κ3) is 2.06.